The van der Waals surface area contributed by atoms with Crippen molar-refractivity contribution in [3.05, 3.63) is 71.1 Å². The lowest BCUT2D eigenvalue weighted by atomic mass is 10.0. The highest BCUT2D eigenvalue weighted by atomic mass is 16.3. The van der Waals surface area contributed by atoms with E-state index in [1.807, 2.05) is 55.8 Å². The number of nitrogens with one attached hydrogen (secondary N) is 2. The van der Waals surface area contributed by atoms with Crippen LogP contribution in [0, 0.1) is 13.8 Å². The van der Waals surface area contributed by atoms with Crippen molar-refractivity contribution in [1.29, 1.82) is 0 Å². The second kappa shape index (κ2) is 7.17. The van der Waals surface area contributed by atoms with Crippen LogP contribution in [0.25, 0.3) is 5.69 Å². The molecule has 0 aliphatic heterocycles. The summed E-state index contributed by atoms with van der Waals surface area (Å²) in [7, 11) is 0. The minimum Gasteiger partial charge on any atom is -0.389 e. The normalized spacial score (nSPS) is 13.4. The van der Waals surface area contributed by atoms with E-state index in [9.17, 15) is 9.90 Å². The van der Waals surface area contributed by atoms with Crippen molar-refractivity contribution in [2.24, 2.45) is 0 Å². The van der Waals surface area contributed by atoms with E-state index >= 15 is 0 Å². The first-order valence-corrected chi connectivity index (χ1v) is 8.64. The number of aromatic amines is 1. The van der Waals surface area contributed by atoms with E-state index < -0.39 is 6.10 Å². The predicted octanol–water partition coefficient (Wildman–Crippen LogP) is 3.36. The summed E-state index contributed by atoms with van der Waals surface area (Å²) in [6, 6.07) is 7.84. The van der Waals surface area contributed by atoms with Gasteiger partial charge < -0.3 is 20.0 Å². The molecule has 3 rings (SSSR count). The molecule has 2 atom stereocenters. The van der Waals surface area contributed by atoms with Crippen molar-refractivity contribution in [3.8, 4) is 5.69 Å². The number of aliphatic hydroxyl groups excluding tert-OH is 1. The van der Waals surface area contributed by atoms with Gasteiger partial charge >= 0.3 is 0 Å². The van der Waals surface area contributed by atoms with Gasteiger partial charge in [0.05, 0.1) is 18.5 Å². The third-order valence-corrected chi connectivity index (χ3v) is 4.68. The Morgan fingerprint density at radius 3 is 2.46 bits per heavy atom. The van der Waals surface area contributed by atoms with Crippen molar-refractivity contribution in [2.45, 2.75) is 39.8 Å². The molecule has 26 heavy (non-hydrogen) atoms. The van der Waals surface area contributed by atoms with Crippen LogP contribution in [0.5, 0.6) is 0 Å². The van der Waals surface area contributed by atoms with Gasteiger partial charge in [-0.3, -0.25) is 4.79 Å². The SMILES string of the molecule is Cc1[nH]c(C(=O)NC(C)c2ccc(-n3ccnc3)cc2)c(C)c1C(C)O. The number of amides is 1. The number of rotatable bonds is 5. The van der Waals surface area contributed by atoms with Crippen molar-refractivity contribution < 1.29 is 9.90 Å². The van der Waals surface area contributed by atoms with Crippen molar-refractivity contribution in [3.63, 3.8) is 0 Å². The molecule has 6 heteroatoms. The van der Waals surface area contributed by atoms with Crippen LogP contribution in [0.1, 0.15) is 58.9 Å². The number of hydrogen-bond acceptors (Lipinski definition) is 3. The maximum atomic E-state index is 12.7. The number of imidazole rings is 1. The molecule has 3 aromatic rings. The molecule has 6 nitrogen and oxygen atoms in total. The summed E-state index contributed by atoms with van der Waals surface area (Å²) < 4.78 is 1.93. The summed E-state index contributed by atoms with van der Waals surface area (Å²) >= 11 is 0. The highest BCUT2D eigenvalue weighted by molar-refractivity contribution is 5.94. The lowest BCUT2D eigenvalue weighted by Gasteiger charge is -2.15. The molecule has 2 aromatic heterocycles. The van der Waals surface area contributed by atoms with Crippen LogP contribution in [0.2, 0.25) is 0 Å². The van der Waals surface area contributed by atoms with Crippen LogP contribution < -0.4 is 5.32 Å². The first-order chi connectivity index (χ1) is 12.4. The van der Waals surface area contributed by atoms with Crippen LogP contribution in [-0.4, -0.2) is 25.5 Å². The molecule has 2 unspecified atom stereocenters. The smallest absolute Gasteiger partial charge is 0.268 e. The van der Waals surface area contributed by atoms with E-state index in [2.05, 4.69) is 15.3 Å². The highest BCUT2D eigenvalue weighted by Gasteiger charge is 2.21. The number of aryl methyl sites for hydroxylation is 1. The van der Waals surface area contributed by atoms with E-state index in [1.54, 1.807) is 19.4 Å². The second-order valence-corrected chi connectivity index (χ2v) is 6.60. The number of nitrogens with zero attached hydrogens (tertiary/aromatic N) is 2. The molecule has 0 radical (unpaired) electrons. The Hall–Kier alpha value is -2.86. The minimum atomic E-state index is -0.610. The number of carbonyl (C=O) groups is 1. The lowest BCUT2D eigenvalue weighted by Crippen LogP contribution is -2.27. The molecule has 0 saturated carbocycles. The summed E-state index contributed by atoms with van der Waals surface area (Å²) in [4.78, 5) is 19.8. The van der Waals surface area contributed by atoms with Gasteiger partial charge in [-0.05, 0) is 51.0 Å². The monoisotopic (exact) mass is 352 g/mol. The van der Waals surface area contributed by atoms with Crippen molar-refractivity contribution in [1.82, 2.24) is 19.9 Å². The standard InChI is InChI=1S/C20H24N4O2/c1-12-18(15(4)25)14(3)22-19(12)20(26)23-13(2)16-5-7-17(8-6-16)24-10-9-21-11-24/h5-11,13,15,22,25H,1-4H3,(H,23,26). The summed E-state index contributed by atoms with van der Waals surface area (Å²) in [6.45, 7) is 7.37. The van der Waals surface area contributed by atoms with Crippen LogP contribution in [0.3, 0.4) is 0 Å². The predicted molar refractivity (Wildman–Crippen MR) is 100 cm³/mol. The molecule has 0 aliphatic rings. The lowest BCUT2D eigenvalue weighted by molar-refractivity contribution is 0.0934. The zero-order valence-electron chi connectivity index (χ0n) is 15.4. The molecule has 1 amide bonds. The summed E-state index contributed by atoms with van der Waals surface area (Å²) in [5.74, 6) is -0.177. The first-order valence-electron chi connectivity index (χ1n) is 8.64. The van der Waals surface area contributed by atoms with Gasteiger partial charge in [-0.2, -0.15) is 0 Å². The van der Waals surface area contributed by atoms with Gasteiger partial charge in [0.15, 0.2) is 0 Å². The minimum absolute atomic E-state index is 0.141. The molecule has 0 fully saturated rings. The Morgan fingerprint density at radius 1 is 1.23 bits per heavy atom. The molecule has 3 N–H and O–H groups in total. The fourth-order valence-electron chi connectivity index (χ4n) is 3.32. The number of carbonyl (C=O) groups excluding carboxylic acids is 1. The van der Waals surface area contributed by atoms with Crippen LogP contribution >= 0.6 is 0 Å². The number of benzene rings is 1. The third kappa shape index (κ3) is 3.41. The second-order valence-electron chi connectivity index (χ2n) is 6.60. The summed E-state index contributed by atoms with van der Waals surface area (Å²) in [5.41, 5.74) is 4.92. The van der Waals surface area contributed by atoms with E-state index in [0.717, 1.165) is 28.1 Å². The third-order valence-electron chi connectivity index (χ3n) is 4.68. The van der Waals surface area contributed by atoms with Gasteiger partial charge in [0.25, 0.3) is 5.91 Å². The molecular formula is C20H24N4O2. The molecule has 0 aliphatic carbocycles. The van der Waals surface area contributed by atoms with Gasteiger partial charge in [0.2, 0.25) is 0 Å². The molecule has 1 aromatic carbocycles. The summed E-state index contributed by atoms with van der Waals surface area (Å²) in [6.07, 6.45) is 4.76. The molecule has 0 bridgehead atoms. The van der Waals surface area contributed by atoms with Gasteiger partial charge in [-0.1, -0.05) is 12.1 Å². The maximum Gasteiger partial charge on any atom is 0.268 e. The van der Waals surface area contributed by atoms with Gasteiger partial charge in [0, 0.05) is 29.3 Å². The van der Waals surface area contributed by atoms with E-state index in [0.29, 0.717) is 5.69 Å². The Kier molecular flexibility index (Phi) is 4.95. The van der Waals surface area contributed by atoms with E-state index in [-0.39, 0.29) is 11.9 Å². The number of hydrogen-bond donors (Lipinski definition) is 3. The van der Waals surface area contributed by atoms with Gasteiger partial charge in [0.1, 0.15) is 5.69 Å². The fraction of sp³-hybridized carbons (Fsp3) is 0.300. The molecule has 0 spiro atoms. The Balaban J connectivity index is 1.74. The van der Waals surface area contributed by atoms with E-state index in [1.165, 1.54) is 0 Å². The Bertz CT molecular complexity index is 893. The maximum absolute atomic E-state index is 12.7. The average Bonchev–Trinajstić information content (AvgIpc) is 3.23. The largest absolute Gasteiger partial charge is 0.389 e. The number of aromatic nitrogens is 3. The van der Waals surface area contributed by atoms with Gasteiger partial charge in [-0.15, -0.1) is 0 Å². The number of aliphatic hydroxyl groups is 1. The van der Waals surface area contributed by atoms with E-state index in [4.69, 9.17) is 0 Å². The van der Waals surface area contributed by atoms with Crippen LogP contribution in [0.15, 0.2) is 43.0 Å². The molecule has 136 valence electrons. The topological polar surface area (TPSA) is 82.9 Å². The Labute approximate surface area is 152 Å². The fourth-order valence-corrected chi connectivity index (χ4v) is 3.32. The van der Waals surface area contributed by atoms with Gasteiger partial charge in [-0.25, -0.2) is 4.98 Å². The quantitative estimate of drug-likeness (QED) is 0.658. The molecular weight excluding hydrogens is 328 g/mol. The number of H-pyrrole nitrogens is 1. The zero-order chi connectivity index (χ0) is 18.8. The summed E-state index contributed by atoms with van der Waals surface area (Å²) in [5, 5.41) is 12.9. The highest BCUT2D eigenvalue weighted by Crippen LogP contribution is 2.25. The first kappa shape index (κ1) is 17.9. The average molecular weight is 352 g/mol. The zero-order valence-corrected chi connectivity index (χ0v) is 15.4. The van der Waals surface area contributed by atoms with Crippen molar-refractivity contribution >= 4 is 5.91 Å². The van der Waals surface area contributed by atoms with Crippen LogP contribution in [0.4, 0.5) is 0 Å². The van der Waals surface area contributed by atoms with Crippen LogP contribution in [-0.2, 0) is 0 Å². The molecule has 2 heterocycles. The molecule has 0 saturated heterocycles. The van der Waals surface area contributed by atoms with Crippen molar-refractivity contribution in [2.75, 3.05) is 0 Å². The Morgan fingerprint density at radius 2 is 1.92 bits per heavy atom.